The minimum atomic E-state index is 0.328. The molecule has 3 rings (SSSR count). The van der Waals surface area contributed by atoms with E-state index in [4.69, 9.17) is 4.98 Å². The molecule has 4 nitrogen and oxygen atoms in total. The molecule has 2 heterocycles. The Kier molecular flexibility index (Phi) is 6.45. The maximum atomic E-state index is 9.37. The molecule has 1 aliphatic carbocycles. The average molecular weight is 338 g/mol. The van der Waals surface area contributed by atoms with Crippen LogP contribution in [0.1, 0.15) is 67.1 Å². The number of nitrogens with zero attached hydrogens (tertiary/aromatic N) is 2. The molecule has 2 unspecified atom stereocenters. The Morgan fingerprint density at radius 3 is 3.04 bits per heavy atom. The molecule has 0 radical (unpaired) electrons. The molecule has 1 aromatic rings. The van der Waals surface area contributed by atoms with E-state index in [-0.39, 0.29) is 0 Å². The monoisotopic (exact) mass is 337 g/mol. The zero-order valence-electron chi connectivity index (χ0n) is 14.4. The highest BCUT2D eigenvalue weighted by Crippen LogP contribution is 2.34. The van der Waals surface area contributed by atoms with Gasteiger partial charge in [-0.2, -0.15) is 0 Å². The van der Waals surface area contributed by atoms with E-state index in [2.05, 4.69) is 17.1 Å². The van der Waals surface area contributed by atoms with Crippen LogP contribution in [0, 0.1) is 0 Å². The van der Waals surface area contributed by atoms with Crippen molar-refractivity contribution in [1.29, 1.82) is 0 Å². The van der Waals surface area contributed by atoms with Gasteiger partial charge in [0.2, 0.25) is 0 Å². The molecule has 2 N–H and O–H groups in total. The predicted molar refractivity (Wildman–Crippen MR) is 96.1 cm³/mol. The predicted octanol–water partition coefficient (Wildman–Crippen LogP) is 2.91. The second-order valence-electron chi connectivity index (χ2n) is 6.89. The van der Waals surface area contributed by atoms with Crippen molar-refractivity contribution in [1.82, 2.24) is 15.2 Å². The van der Waals surface area contributed by atoms with Crippen molar-refractivity contribution in [3.8, 4) is 0 Å². The summed E-state index contributed by atoms with van der Waals surface area (Å²) >= 11 is 1.92. The average Bonchev–Trinajstić information content (AvgIpc) is 3.20. The molecule has 0 spiro atoms. The van der Waals surface area contributed by atoms with Gasteiger partial charge >= 0.3 is 0 Å². The third-order valence-electron chi connectivity index (χ3n) is 5.27. The summed E-state index contributed by atoms with van der Waals surface area (Å²) in [5, 5.41) is 14.4. The topological polar surface area (TPSA) is 48.4 Å². The van der Waals surface area contributed by atoms with Crippen LogP contribution in [0.3, 0.4) is 0 Å². The van der Waals surface area contributed by atoms with Crippen molar-refractivity contribution in [2.24, 2.45) is 0 Å². The number of aliphatic hydroxyl groups is 1. The highest BCUT2D eigenvalue weighted by atomic mass is 32.1. The van der Waals surface area contributed by atoms with Crippen LogP contribution in [-0.4, -0.2) is 47.3 Å². The molecular weight excluding hydrogens is 306 g/mol. The SMILES string of the molecule is CCc1nc2c(s1)C(NCCCCN1CCCC1CO)CCC2. The molecule has 1 saturated heterocycles. The Hall–Kier alpha value is -0.490. The molecular formula is C18H31N3OS. The first kappa shape index (κ1) is 17.3. The molecule has 0 bridgehead atoms. The van der Waals surface area contributed by atoms with Crippen molar-refractivity contribution in [3.05, 3.63) is 15.6 Å². The third-order valence-corrected chi connectivity index (χ3v) is 6.63. The Bertz CT molecular complexity index is 491. The second kappa shape index (κ2) is 8.56. The van der Waals surface area contributed by atoms with Crippen LogP contribution >= 0.6 is 11.3 Å². The van der Waals surface area contributed by atoms with E-state index < -0.39 is 0 Å². The highest BCUT2D eigenvalue weighted by molar-refractivity contribution is 7.11. The standard InChI is InChI=1S/C18H31N3OS/c1-2-17-20-16-9-5-8-15(18(16)23-17)19-10-3-4-11-21-12-6-7-14(21)13-22/h14-15,19,22H,2-13H2,1H3. The lowest BCUT2D eigenvalue weighted by Gasteiger charge is -2.24. The maximum absolute atomic E-state index is 9.37. The van der Waals surface area contributed by atoms with Gasteiger partial charge < -0.3 is 10.4 Å². The van der Waals surface area contributed by atoms with E-state index in [1.54, 1.807) is 0 Å². The number of rotatable bonds is 8. The zero-order chi connectivity index (χ0) is 16.1. The fourth-order valence-electron chi connectivity index (χ4n) is 3.93. The van der Waals surface area contributed by atoms with Crippen molar-refractivity contribution in [3.63, 3.8) is 0 Å². The van der Waals surface area contributed by atoms with Gasteiger partial charge in [-0.3, -0.25) is 4.90 Å². The van der Waals surface area contributed by atoms with Crippen molar-refractivity contribution < 1.29 is 5.11 Å². The number of aryl methyl sites for hydroxylation is 2. The third kappa shape index (κ3) is 4.32. The molecule has 1 aromatic heterocycles. The number of thiazole rings is 1. The molecule has 0 amide bonds. The highest BCUT2D eigenvalue weighted by Gasteiger charge is 2.24. The van der Waals surface area contributed by atoms with Crippen LogP contribution in [0.25, 0.3) is 0 Å². The lowest BCUT2D eigenvalue weighted by Crippen LogP contribution is -2.33. The van der Waals surface area contributed by atoms with Gasteiger partial charge in [-0.25, -0.2) is 4.98 Å². The molecule has 130 valence electrons. The first-order valence-corrected chi connectivity index (χ1v) is 10.2. The van der Waals surface area contributed by atoms with Crippen LogP contribution in [0.2, 0.25) is 0 Å². The van der Waals surface area contributed by atoms with E-state index in [1.807, 2.05) is 11.3 Å². The summed E-state index contributed by atoms with van der Waals surface area (Å²) in [7, 11) is 0. The summed E-state index contributed by atoms with van der Waals surface area (Å²) in [5.41, 5.74) is 1.36. The minimum Gasteiger partial charge on any atom is -0.395 e. The number of aromatic nitrogens is 1. The lowest BCUT2D eigenvalue weighted by atomic mass is 9.98. The number of unbranched alkanes of at least 4 members (excludes halogenated alkanes) is 1. The number of fused-ring (bicyclic) bond motifs is 1. The number of hydrogen-bond donors (Lipinski definition) is 2. The fraction of sp³-hybridized carbons (Fsp3) is 0.833. The molecule has 1 aliphatic heterocycles. The zero-order valence-corrected chi connectivity index (χ0v) is 15.2. The number of aliphatic hydroxyl groups excluding tert-OH is 1. The summed E-state index contributed by atoms with van der Waals surface area (Å²) in [5.74, 6) is 0. The first-order valence-electron chi connectivity index (χ1n) is 9.38. The molecule has 5 heteroatoms. The van der Waals surface area contributed by atoms with Crippen LogP contribution in [0.5, 0.6) is 0 Å². The van der Waals surface area contributed by atoms with E-state index >= 15 is 0 Å². The van der Waals surface area contributed by atoms with Gasteiger partial charge in [0.05, 0.1) is 17.3 Å². The van der Waals surface area contributed by atoms with E-state index in [1.165, 1.54) is 67.1 Å². The van der Waals surface area contributed by atoms with Gasteiger partial charge in [0.25, 0.3) is 0 Å². The lowest BCUT2D eigenvalue weighted by molar-refractivity contribution is 0.157. The van der Waals surface area contributed by atoms with Gasteiger partial charge in [-0.1, -0.05) is 6.92 Å². The van der Waals surface area contributed by atoms with Gasteiger partial charge in [0, 0.05) is 17.0 Å². The second-order valence-corrected chi connectivity index (χ2v) is 8.01. The van der Waals surface area contributed by atoms with Gasteiger partial charge in [0.15, 0.2) is 0 Å². The summed E-state index contributed by atoms with van der Waals surface area (Å²) in [6, 6.07) is 0.960. The summed E-state index contributed by atoms with van der Waals surface area (Å²) in [6.07, 6.45) is 9.63. The van der Waals surface area contributed by atoms with Crippen LogP contribution in [-0.2, 0) is 12.8 Å². The summed E-state index contributed by atoms with van der Waals surface area (Å²) in [6.45, 7) is 5.94. The molecule has 0 aromatic carbocycles. The molecule has 23 heavy (non-hydrogen) atoms. The fourth-order valence-corrected chi connectivity index (χ4v) is 5.09. The quantitative estimate of drug-likeness (QED) is 0.716. The van der Waals surface area contributed by atoms with Crippen LogP contribution < -0.4 is 5.32 Å². The molecule has 0 saturated carbocycles. The summed E-state index contributed by atoms with van der Waals surface area (Å²) in [4.78, 5) is 8.76. The van der Waals surface area contributed by atoms with E-state index in [0.717, 1.165) is 19.5 Å². The van der Waals surface area contributed by atoms with Crippen LogP contribution in [0.4, 0.5) is 0 Å². The molecule has 2 aliphatic rings. The Morgan fingerprint density at radius 1 is 1.30 bits per heavy atom. The molecule has 1 fully saturated rings. The Balaban J connectivity index is 1.39. The summed E-state index contributed by atoms with van der Waals surface area (Å²) < 4.78 is 0. The normalized spacial score (nSPS) is 25.0. The largest absolute Gasteiger partial charge is 0.395 e. The van der Waals surface area contributed by atoms with E-state index in [0.29, 0.717) is 18.7 Å². The number of nitrogens with one attached hydrogen (secondary N) is 1. The first-order chi connectivity index (χ1) is 11.3. The van der Waals surface area contributed by atoms with E-state index in [9.17, 15) is 5.11 Å². The maximum Gasteiger partial charge on any atom is 0.0928 e. The molecule has 2 atom stereocenters. The van der Waals surface area contributed by atoms with Crippen molar-refractivity contribution in [2.45, 2.75) is 70.4 Å². The number of likely N-dealkylation sites (tertiary alicyclic amines) is 1. The Labute approximate surface area is 144 Å². The smallest absolute Gasteiger partial charge is 0.0928 e. The number of hydrogen-bond acceptors (Lipinski definition) is 5. The van der Waals surface area contributed by atoms with Crippen LogP contribution in [0.15, 0.2) is 0 Å². The minimum absolute atomic E-state index is 0.328. The van der Waals surface area contributed by atoms with Crippen molar-refractivity contribution in [2.75, 3.05) is 26.2 Å². The van der Waals surface area contributed by atoms with Crippen molar-refractivity contribution >= 4 is 11.3 Å². The van der Waals surface area contributed by atoms with Gasteiger partial charge in [0.1, 0.15) is 0 Å². The van der Waals surface area contributed by atoms with Gasteiger partial charge in [-0.15, -0.1) is 11.3 Å². The Morgan fingerprint density at radius 2 is 2.22 bits per heavy atom. The van der Waals surface area contributed by atoms with Gasteiger partial charge in [-0.05, 0) is 71.0 Å².